The summed E-state index contributed by atoms with van der Waals surface area (Å²) in [5.41, 5.74) is 0. The van der Waals surface area contributed by atoms with Crippen molar-refractivity contribution >= 4 is 30.7 Å². The van der Waals surface area contributed by atoms with E-state index in [9.17, 15) is 4.79 Å². The normalized spacial score (nSPS) is 27.1. The van der Waals surface area contributed by atoms with Gasteiger partial charge in [-0.2, -0.15) is 0 Å². The molecule has 0 aliphatic carbocycles. The Labute approximate surface area is 145 Å². The van der Waals surface area contributed by atoms with Crippen LogP contribution in [0.2, 0.25) is 0 Å². The number of hydrogen-bond donors (Lipinski definition) is 1. The largest absolute Gasteiger partial charge is 0.379 e. The summed E-state index contributed by atoms with van der Waals surface area (Å²) < 4.78 is 5.41. The molecule has 3 rings (SSSR count). The summed E-state index contributed by atoms with van der Waals surface area (Å²) in [6.45, 7) is 7.79. The minimum absolute atomic E-state index is 0. The molecule has 0 aromatic heterocycles. The van der Waals surface area contributed by atoms with Crippen molar-refractivity contribution in [3.05, 3.63) is 0 Å². The Morgan fingerprint density at radius 2 is 1.73 bits per heavy atom. The van der Waals surface area contributed by atoms with E-state index >= 15 is 0 Å². The molecular weight excluding hydrogens is 325 g/mol. The first kappa shape index (κ1) is 20.0. The van der Waals surface area contributed by atoms with Crippen LogP contribution in [0.15, 0.2) is 0 Å². The number of ether oxygens (including phenoxy) is 1. The third kappa shape index (κ3) is 5.24. The molecule has 3 heterocycles. The van der Waals surface area contributed by atoms with Crippen molar-refractivity contribution in [1.82, 2.24) is 15.1 Å². The molecule has 1 N–H and O–H groups in total. The van der Waals surface area contributed by atoms with Crippen molar-refractivity contribution < 1.29 is 9.53 Å². The standard InChI is InChI=1S/C15H27N3O2.2ClH/c19-15(11-13-1-4-16-5-2-13)18-6-3-14(12-18)17-7-9-20-10-8-17;;/h13-14,16H,1-12H2;2*1H. The first-order valence-electron chi connectivity index (χ1n) is 8.13. The van der Waals surface area contributed by atoms with Crippen molar-refractivity contribution in [2.45, 2.75) is 31.7 Å². The van der Waals surface area contributed by atoms with Gasteiger partial charge in [0.25, 0.3) is 0 Å². The molecule has 0 aromatic carbocycles. The van der Waals surface area contributed by atoms with Gasteiger partial charge in [0.15, 0.2) is 0 Å². The lowest BCUT2D eigenvalue weighted by atomic mass is 9.94. The summed E-state index contributed by atoms with van der Waals surface area (Å²) in [4.78, 5) is 17.0. The van der Waals surface area contributed by atoms with E-state index < -0.39 is 0 Å². The third-order valence-corrected chi connectivity index (χ3v) is 5.00. The number of morpholine rings is 1. The molecule has 3 aliphatic heterocycles. The molecule has 3 aliphatic rings. The number of hydrogen-bond acceptors (Lipinski definition) is 4. The van der Waals surface area contributed by atoms with Crippen molar-refractivity contribution in [2.24, 2.45) is 5.92 Å². The molecule has 22 heavy (non-hydrogen) atoms. The van der Waals surface area contributed by atoms with E-state index in [0.29, 0.717) is 17.9 Å². The zero-order valence-electron chi connectivity index (χ0n) is 13.2. The van der Waals surface area contributed by atoms with E-state index in [1.807, 2.05) is 0 Å². The van der Waals surface area contributed by atoms with Gasteiger partial charge in [-0.3, -0.25) is 9.69 Å². The van der Waals surface area contributed by atoms with E-state index in [1.165, 1.54) is 0 Å². The Hall–Kier alpha value is -0.0700. The number of carbonyl (C=O) groups is 1. The average Bonchev–Trinajstić information content (AvgIpc) is 2.99. The number of amides is 1. The molecule has 0 spiro atoms. The van der Waals surface area contributed by atoms with Gasteiger partial charge in [-0.15, -0.1) is 24.8 Å². The predicted octanol–water partition coefficient (Wildman–Crippen LogP) is 1.15. The van der Waals surface area contributed by atoms with Crippen molar-refractivity contribution in [3.8, 4) is 0 Å². The summed E-state index contributed by atoms with van der Waals surface area (Å²) in [6, 6.07) is 0.566. The summed E-state index contributed by atoms with van der Waals surface area (Å²) in [5, 5.41) is 3.36. The summed E-state index contributed by atoms with van der Waals surface area (Å²) in [6.07, 6.45) is 4.22. The zero-order valence-corrected chi connectivity index (χ0v) is 14.8. The number of nitrogens with zero attached hydrogens (tertiary/aromatic N) is 2. The van der Waals surface area contributed by atoms with Crippen LogP contribution in [0.4, 0.5) is 0 Å². The van der Waals surface area contributed by atoms with E-state index in [2.05, 4.69) is 15.1 Å². The van der Waals surface area contributed by atoms with E-state index in [1.54, 1.807) is 0 Å². The average molecular weight is 354 g/mol. The number of halogens is 2. The van der Waals surface area contributed by atoms with Crippen LogP contribution in [-0.2, 0) is 9.53 Å². The second kappa shape index (κ2) is 9.93. The molecule has 0 radical (unpaired) electrons. The minimum atomic E-state index is 0. The summed E-state index contributed by atoms with van der Waals surface area (Å²) in [5.74, 6) is 0.985. The summed E-state index contributed by atoms with van der Waals surface area (Å²) in [7, 11) is 0. The quantitative estimate of drug-likeness (QED) is 0.826. The molecule has 3 saturated heterocycles. The van der Waals surface area contributed by atoms with E-state index in [0.717, 1.165) is 78.2 Å². The maximum atomic E-state index is 12.4. The molecule has 3 fully saturated rings. The fourth-order valence-electron chi connectivity index (χ4n) is 3.67. The molecule has 130 valence electrons. The van der Waals surface area contributed by atoms with Gasteiger partial charge in [-0.25, -0.2) is 0 Å². The number of nitrogens with one attached hydrogen (secondary N) is 1. The molecular formula is C15H29Cl2N3O2. The first-order valence-corrected chi connectivity index (χ1v) is 8.13. The SMILES string of the molecule is Cl.Cl.O=C(CC1CCNCC1)N1CCC(N2CCOCC2)C1. The molecule has 1 unspecified atom stereocenters. The Balaban J connectivity index is 0.00000121. The van der Waals surface area contributed by atoms with Crippen molar-refractivity contribution in [3.63, 3.8) is 0 Å². The summed E-state index contributed by atoms with van der Waals surface area (Å²) >= 11 is 0. The van der Waals surface area contributed by atoms with Crippen LogP contribution in [0.3, 0.4) is 0 Å². The second-order valence-corrected chi connectivity index (χ2v) is 6.33. The molecule has 7 heteroatoms. The van der Waals surface area contributed by atoms with Gasteiger partial charge < -0.3 is 15.0 Å². The second-order valence-electron chi connectivity index (χ2n) is 6.33. The molecule has 5 nitrogen and oxygen atoms in total. The van der Waals surface area contributed by atoms with Crippen LogP contribution in [-0.4, -0.2) is 74.2 Å². The highest BCUT2D eigenvalue weighted by Gasteiger charge is 2.31. The number of carbonyl (C=O) groups excluding carboxylic acids is 1. The van der Waals surface area contributed by atoms with Crippen LogP contribution in [0.5, 0.6) is 0 Å². The number of likely N-dealkylation sites (tertiary alicyclic amines) is 1. The topological polar surface area (TPSA) is 44.8 Å². The van der Waals surface area contributed by atoms with Gasteiger partial charge in [0, 0.05) is 38.6 Å². The molecule has 1 atom stereocenters. The highest BCUT2D eigenvalue weighted by Crippen LogP contribution is 2.21. The highest BCUT2D eigenvalue weighted by molar-refractivity contribution is 5.85. The van der Waals surface area contributed by atoms with Gasteiger partial charge in [0.05, 0.1) is 13.2 Å². The number of piperidine rings is 1. The smallest absolute Gasteiger partial charge is 0.222 e. The lowest BCUT2D eigenvalue weighted by Gasteiger charge is -2.32. The lowest BCUT2D eigenvalue weighted by molar-refractivity contribution is -0.131. The Kier molecular flexibility index (Phi) is 9.02. The Morgan fingerprint density at radius 3 is 2.41 bits per heavy atom. The fourth-order valence-corrected chi connectivity index (χ4v) is 3.67. The molecule has 0 aromatic rings. The maximum absolute atomic E-state index is 12.4. The third-order valence-electron chi connectivity index (χ3n) is 5.00. The fraction of sp³-hybridized carbons (Fsp3) is 0.933. The van der Waals surface area contributed by atoms with E-state index in [-0.39, 0.29) is 24.8 Å². The molecule has 1 amide bonds. The molecule has 0 bridgehead atoms. The molecule has 0 saturated carbocycles. The zero-order chi connectivity index (χ0) is 13.8. The highest BCUT2D eigenvalue weighted by atomic mass is 35.5. The van der Waals surface area contributed by atoms with Gasteiger partial charge >= 0.3 is 0 Å². The van der Waals surface area contributed by atoms with Crippen LogP contribution < -0.4 is 5.32 Å². The van der Waals surface area contributed by atoms with E-state index in [4.69, 9.17) is 4.74 Å². The minimum Gasteiger partial charge on any atom is -0.379 e. The Bertz CT molecular complexity index is 335. The maximum Gasteiger partial charge on any atom is 0.222 e. The van der Waals surface area contributed by atoms with Crippen LogP contribution >= 0.6 is 24.8 Å². The predicted molar refractivity (Wildman–Crippen MR) is 92.1 cm³/mol. The Morgan fingerprint density at radius 1 is 1.05 bits per heavy atom. The monoisotopic (exact) mass is 353 g/mol. The van der Waals surface area contributed by atoms with Gasteiger partial charge in [0.2, 0.25) is 5.91 Å². The van der Waals surface area contributed by atoms with Gasteiger partial charge in [0.1, 0.15) is 0 Å². The van der Waals surface area contributed by atoms with Crippen molar-refractivity contribution in [2.75, 3.05) is 52.5 Å². The van der Waals surface area contributed by atoms with Gasteiger partial charge in [-0.05, 0) is 38.3 Å². The lowest BCUT2D eigenvalue weighted by Crippen LogP contribution is -2.45. The van der Waals surface area contributed by atoms with Crippen LogP contribution in [0.25, 0.3) is 0 Å². The van der Waals surface area contributed by atoms with Crippen LogP contribution in [0, 0.1) is 5.92 Å². The number of rotatable bonds is 3. The van der Waals surface area contributed by atoms with Gasteiger partial charge in [-0.1, -0.05) is 0 Å². The van der Waals surface area contributed by atoms with Crippen LogP contribution in [0.1, 0.15) is 25.7 Å². The first-order chi connectivity index (χ1) is 9.83. The van der Waals surface area contributed by atoms with Crippen molar-refractivity contribution in [1.29, 1.82) is 0 Å².